The van der Waals surface area contributed by atoms with Crippen molar-refractivity contribution >= 4 is 11.5 Å². The molecule has 17 heavy (non-hydrogen) atoms. The van der Waals surface area contributed by atoms with Crippen molar-refractivity contribution < 1.29 is 0 Å². The van der Waals surface area contributed by atoms with Crippen LogP contribution >= 0.6 is 0 Å². The lowest BCUT2D eigenvalue weighted by atomic mass is 10.1. The van der Waals surface area contributed by atoms with E-state index in [1.165, 1.54) is 5.56 Å². The van der Waals surface area contributed by atoms with E-state index in [1.54, 1.807) is 6.20 Å². The Balaban J connectivity index is 2.05. The Kier molecular flexibility index (Phi) is 2.18. The van der Waals surface area contributed by atoms with E-state index in [2.05, 4.69) is 11.1 Å². The van der Waals surface area contributed by atoms with Gasteiger partial charge in [0.2, 0.25) is 0 Å². The molecular weight excluding hydrogens is 210 g/mol. The number of nitrogens with one attached hydrogen (secondary N) is 1. The van der Waals surface area contributed by atoms with Gasteiger partial charge in [0.25, 0.3) is 0 Å². The van der Waals surface area contributed by atoms with Crippen molar-refractivity contribution in [3.8, 4) is 0 Å². The highest BCUT2D eigenvalue weighted by molar-refractivity contribution is 6.11. The van der Waals surface area contributed by atoms with Crippen LogP contribution < -0.4 is 4.90 Å². The lowest BCUT2D eigenvalue weighted by molar-refractivity contribution is 1.03. The number of anilines is 1. The summed E-state index contributed by atoms with van der Waals surface area (Å²) in [6.07, 6.45) is 3.61. The molecule has 1 aromatic heterocycles. The van der Waals surface area contributed by atoms with Gasteiger partial charge in [0.15, 0.2) is 0 Å². The maximum Gasteiger partial charge on any atom is 0.133 e. The molecule has 2 aromatic rings. The van der Waals surface area contributed by atoms with Gasteiger partial charge in [0, 0.05) is 11.8 Å². The SMILES string of the molecule is Cc1ccncc1N1Cc2ccccc2C1=N. The molecule has 1 aliphatic heterocycles. The Bertz CT molecular complexity index is 590. The van der Waals surface area contributed by atoms with E-state index in [-0.39, 0.29) is 0 Å². The Morgan fingerprint density at radius 3 is 2.82 bits per heavy atom. The molecule has 0 aliphatic carbocycles. The minimum Gasteiger partial charge on any atom is -0.320 e. The first-order valence-corrected chi connectivity index (χ1v) is 5.62. The molecule has 0 bridgehead atoms. The summed E-state index contributed by atoms with van der Waals surface area (Å²) in [5.74, 6) is 0.566. The minimum atomic E-state index is 0.566. The zero-order valence-electron chi connectivity index (χ0n) is 9.64. The van der Waals surface area contributed by atoms with E-state index in [0.717, 1.165) is 23.4 Å². The van der Waals surface area contributed by atoms with Gasteiger partial charge in [-0.2, -0.15) is 0 Å². The van der Waals surface area contributed by atoms with Crippen molar-refractivity contribution in [2.45, 2.75) is 13.5 Å². The highest BCUT2D eigenvalue weighted by Gasteiger charge is 2.25. The van der Waals surface area contributed by atoms with Crippen LogP contribution in [-0.2, 0) is 6.54 Å². The van der Waals surface area contributed by atoms with Crippen LogP contribution in [0.15, 0.2) is 42.7 Å². The summed E-state index contributed by atoms with van der Waals surface area (Å²) in [5, 5.41) is 8.22. The maximum atomic E-state index is 8.22. The van der Waals surface area contributed by atoms with Gasteiger partial charge in [-0.05, 0) is 24.1 Å². The number of pyridine rings is 1. The molecular formula is C14H13N3. The summed E-state index contributed by atoms with van der Waals surface area (Å²) in [7, 11) is 0. The third kappa shape index (κ3) is 1.51. The van der Waals surface area contributed by atoms with E-state index in [4.69, 9.17) is 5.41 Å². The number of aryl methyl sites for hydroxylation is 1. The average Bonchev–Trinajstić information content (AvgIpc) is 2.68. The van der Waals surface area contributed by atoms with Crippen LogP contribution in [0, 0.1) is 12.3 Å². The highest BCUT2D eigenvalue weighted by atomic mass is 15.2. The number of nitrogens with zero attached hydrogens (tertiary/aromatic N) is 2. The molecule has 3 rings (SSSR count). The molecule has 3 nitrogen and oxygen atoms in total. The van der Waals surface area contributed by atoms with Crippen LogP contribution in [0.5, 0.6) is 0 Å². The first kappa shape index (κ1) is 10.0. The van der Waals surface area contributed by atoms with E-state index in [1.807, 2.05) is 42.3 Å². The van der Waals surface area contributed by atoms with Gasteiger partial charge < -0.3 is 4.90 Å². The quantitative estimate of drug-likeness (QED) is 0.807. The Hall–Kier alpha value is -2.16. The zero-order valence-corrected chi connectivity index (χ0v) is 9.64. The Morgan fingerprint density at radius 1 is 1.24 bits per heavy atom. The van der Waals surface area contributed by atoms with Gasteiger partial charge >= 0.3 is 0 Å². The highest BCUT2D eigenvalue weighted by Crippen LogP contribution is 2.29. The summed E-state index contributed by atoms with van der Waals surface area (Å²) >= 11 is 0. The molecule has 0 fully saturated rings. The standard InChI is InChI=1S/C14H13N3/c1-10-6-7-16-8-13(10)17-9-11-4-2-3-5-12(11)14(17)15/h2-8,15H,9H2,1H3. The molecule has 0 spiro atoms. The van der Waals surface area contributed by atoms with Crippen molar-refractivity contribution in [3.05, 3.63) is 59.4 Å². The lowest BCUT2D eigenvalue weighted by Gasteiger charge is -2.19. The molecule has 3 heteroatoms. The molecule has 0 saturated carbocycles. The van der Waals surface area contributed by atoms with E-state index in [9.17, 15) is 0 Å². The van der Waals surface area contributed by atoms with Gasteiger partial charge in [-0.3, -0.25) is 10.4 Å². The zero-order chi connectivity index (χ0) is 11.8. The van der Waals surface area contributed by atoms with Gasteiger partial charge in [-0.1, -0.05) is 24.3 Å². The van der Waals surface area contributed by atoms with Crippen LogP contribution in [0.4, 0.5) is 5.69 Å². The molecule has 1 aliphatic rings. The average molecular weight is 223 g/mol. The second-order valence-corrected chi connectivity index (χ2v) is 4.25. The van der Waals surface area contributed by atoms with Crippen molar-refractivity contribution in [2.75, 3.05) is 4.90 Å². The molecule has 0 atom stereocenters. The maximum absolute atomic E-state index is 8.22. The van der Waals surface area contributed by atoms with Crippen molar-refractivity contribution in [1.29, 1.82) is 5.41 Å². The van der Waals surface area contributed by atoms with Crippen LogP contribution in [-0.4, -0.2) is 10.8 Å². The van der Waals surface area contributed by atoms with Gasteiger partial charge in [0.1, 0.15) is 5.84 Å². The third-order valence-electron chi connectivity index (χ3n) is 3.17. The normalized spacial score (nSPS) is 13.9. The van der Waals surface area contributed by atoms with Crippen molar-refractivity contribution in [1.82, 2.24) is 4.98 Å². The minimum absolute atomic E-state index is 0.566. The van der Waals surface area contributed by atoms with Crippen LogP contribution in [0.3, 0.4) is 0 Å². The predicted octanol–water partition coefficient (Wildman–Crippen LogP) is 2.74. The number of amidine groups is 1. The van der Waals surface area contributed by atoms with Gasteiger partial charge in [-0.15, -0.1) is 0 Å². The van der Waals surface area contributed by atoms with Crippen molar-refractivity contribution in [2.24, 2.45) is 0 Å². The van der Waals surface area contributed by atoms with Crippen LogP contribution in [0.1, 0.15) is 16.7 Å². The molecule has 0 radical (unpaired) electrons. The largest absolute Gasteiger partial charge is 0.320 e. The number of benzene rings is 1. The summed E-state index contributed by atoms with van der Waals surface area (Å²) in [5.41, 5.74) is 4.41. The Morgan fingerprint density at radius 2 is 2.06 bits per heavy atom. The summed E-state index contributed by atoms with van der Waals surface area (Å²) in [6, 6.07) is 10.1. The fraction of sp³-hybridized carbons (Fsp3) is 0.143. The number of rotatable bonds is 1. The predicted molar refractivity (Wildman–Crippen MR) is 68.4 cm³/mol. The van der Waals surface area contributed by atoms with Crippen molar-refractivity contribution in [3.63, 3.8) is 0 Å². The smallest absolute Gasteiger partial charge is 0.133 e. The number of fused-ring (bicyclic) bond motifs is 1. The fourth-order valence-corrected chi connectivity index (χ4v) is 2.23. The summed E-state index contributed by atoms with van der Waals surface area (Å²) in [6.45, 7) is 2.81. The molecule has 1 N–H and O–H groups in total. The second kappa shape index (κ2) is 3.70. The second-order valence-electron chi connectivity index (χ2n) is 4.25. The number of hydrogen-bond acceptors (Lipinski definition) is 2. The van der Waals surface area contributed by atoms with Crippen LogP contribution in [0.2, 0.25) is 0 Å². The van der Waals surface area contributed by atoms with E-state index >= 15 is 0 Å². The van der Waals surface area contributed by atoms with Crippen LogP contribution in [0.25, 0.3) is 0 Å². The lowest BCUT2D eigenvalue weighted by Crippen LogP contribution is -2.23. The molecule has 0 saturated heterocycles. The Labute approximate surface area is 100 Å². The number of aromatic nitrogens is 1. The first-order chi connectivity index (χ1) is 8.27. The molecule has 0 unspecified atom stereocenters. The molecule has 84 valence electrons. The topological polar surface area (TPSA) is 40.0 Å². The monoisotopic (exact) mass is 223 g/mol. The summed E-state index contributed by atoms with van der Waals surface area (Å²) < 4.78 is 0. The number of hydrogen-bond donors (Lipinski definition) is 1. The van der Waals surface area contributed by atoms with Gasteiger partial charge in [0.05, 0.1) is 18.4 Å². The summed E-state index contributed by atoms with van der Waals surface area (Å²) in [4.78, 5) is 6.16. The molecule has 0 amide bonds. The third-order valence-corrected chi connectivity index (χ3v) is 3.17. The fourth-order valence-electron chi connectivity index (χ4n) is 2.23. The van der Waals surface area contributed by atoms with E-state index < -0.39 is 0 Å². The molecule has 2 heterocycles. The van der Waals surface area contributed by atoms with Gasteiger partial charge in [-0.25, -0.2) is 0 Å². The molecule has 1 aromatic carbocycles. The van der Waals surface area contributed by atoms with E-state index in [0.29, 0.717) is 5.84 Å². The first-order valence-electron chi connectivity index (χ1n) is 5.62.